The molecule has 5 aromatic rings. The number of allylic oxidation sites excluding steroid dienone is 2. The van der Waals surface area contributed by atoms with Gasteiger partial charge in [0, 0.05) is 24.5 Å². The molecule has 0 unspecified atom stereocenters. The second kappa shape index (κ2) is 37.7. The van der Waals surface area contributed by atoms with Crippen molar-refractivity contribution in [2.24, 2.45) is 0 Å². The minimum atomic E-state index is -1.64. The van der Waals surface area contributed by atoms with Crippen LogP contribution in [-0.4, -0.2) is 26.9 Å². The predicted octanol–water partition coefficient (Wildman–Crippen LogP) is 17.8. The molecule has 0 bridgehead atoms. The van der Waals surface area contributed by atoms with E-state index in [-0.39, 0.29) is 52.0 Å². The number of hydrogen-bond acceptors (Lipinski definition) is 2. The van der Waals surface area contributed by atoms with Gasteiger partial charge in [0.15, 0.2) is 0 Å². The Kier molecular flexibility index (Phi) is 42.3. The van der Waals surface area contributed by atoms with Crippen LogP contribution in [-0.2, 0) is 40.6 Å². The second-order valence-corrected chi connectivity index (χ2v) is 30.2. The zero-order valence-electron chi connectivity index (χ0n) is 37.5. The molecule has 1 saturated heterocycles. The summed E-state index contributed by atoms with van der Waals surface area (Å²) in [5.41, 5.74) is 15.5. The van der Waals surface area contributed by atoms with E-state index < -0.39 is 40.6 Å². The number of benzene rings is 5. The van der Waals surface area contributed by atoms with Gasteiger partial charge >= 0.3 is 239 Å². The fraction of sp³-hybridized carbons (Fsp3) is 0.212. The van der Waals surface area contributed by atoms with E-state index in [2.05, 4.69) is 101 Å². The summed E-state index contributed by atoms with van der Waals surface area (Å²) >= 11 is -4.87. The van der Waals surface area contributed by atoms with Crippen molar-refractivity contribution in [1.82, 2.24) is 0 Å². The first kappa shape index (κ1) is 70.7. The first-order valence-corrected chi connectivity index (χ1v) is 33.9. The fourth-order valence-corrected chi connectivity index (χ4v) is 11.1. The van der Waals surface area contributed by atoms with E-state index in [0.29, 0.717) is 0 Å². The van der Waals surface area contributed by atoms with Crippen LogP contribution >= 0.6 is 58.1 Å². The van der Waals surface area contributed by atoms with Crippen molar-refractivity contribution >= 4 is 88.9 Å². The van der Waals surface area contributed by atoms with Gasteiger partial charge in [-0.2, -0.15) is 6.67 Å². The van der Waals surface area contributed by atoms with Crippen LogP contribution in [0.3, 0.4) is 0 Å². The molecule has 11 heteroatoms. The van der Waals surface area contributed by atoms with E-state index in [0.717, 1.165) is 24.2 Å². The van der Waals surface area contributed by atoms with Crippen molar-refractivity contribution in [3.05, 3.63) is 215 Å². The number of hydrogen-bond donors (Lipinski definition) is 0. The number of aryl methyl sites for hydroxylation is 6. The Morgan fingerprint density at radius 1 is 0.492 bits per heavy atom. The van der Waals surface area contributed by atoms with Gasteiger partial charge in [-0.15, -0.1) is 0 Å². The molecular weight excluding hydrogens is 1170 g/mol. The monoisotopic (exact) mass is 1240 g/mol. The zero-order chi connectivity index (χ0) is 41.2. The maximum atomic E-state index is 5.72. The van der Waals surface area contributed by atoms with Crippen LogP contribution in [0.2, 0.25) is 0 Å². The summed E-state index contributed by atoms with van der Waals surface area (Å²) in [5.74, 6) is 0. The third kappa shape index (κ3) is 26.6. The van der Waals surface area contributed by atoms with Gasteiger partial charge in [-0.25, -0.2) is 0 Å². The molecule has 63 heavy (non-hydrogen) atoms. The standard InChI is InChI=1S/C21H27N2.C10H10.2C7H6.2CH4.5CH3.6ClH.3Ru/c1-14-9-16(3)20(17(4)10-14)22-7-8-23(13-22)21-18(5)11-15(2)12-19(21)6;1-3-9(2)10-7-5-4-6-8-10;2*1-7-5-3-2-4-6-7;;;;;;;;;;;;;;;;/h9-13H,7-8H2,1-6H3;1,3-8H,2H3;2*1-6H;2*1H4;5*1H3;6*1H;;;/q-1;;;;;;5*-1;;;;;;;3*+2/p-6/b;9-3+;;;;;;;;;;;;;;;;;;. The Morgan fingerprint density at radius 3 is 1.08 bits per heavy atom. The molecule has 0 spiro atoms. The van der Waals surface area contributed by atoms with Crippen LogP contribution in [0, 0.1) is 85.3 Å². The van der Waals surface area contributed by atoms with Crippen LogP contribution in [0.5, 0.6) is 0 Å². The summed E-state index contributed by atoms with van der Waals surface area (Å²) in [6.45, 7) is 19.6. The third-order valence-electron chi connectivity index (χ3n) is 8.32. The fourth-order valence-electron chi connectivity index (χ4n) is 6.24. The molecule has 0 N–H and O–H groups in total. The van der Waals surface area contributed by atoms with Gasteiger partial charge in [0.2, 0.25) is 0 Å². The molecule has 1 aliphatic heterocycles. The van der Waals surface area contributed by atoms with Crippen molar-refractivity contribution in [2.45, 2.75) is 63.3 Å². The van der Waals surface area contributed by atoms with Crippen molar-refractivity contribution < 1.29 is 40.6 Å². The predicted molar refractivity (Wildman–Crippen MR) is 290 cm³/mol. The van der Waals surface area contributed by atoms with Crippen LogP contribution in [0.1, 0.15) is 71.8 Å². The van der Waals surface area contributed by atoms with Crippen LogP contribution in [0.15, 0.2) is 121 Å². The van der Waals surface area contributed by atoms with E-state index in [1.807, 2.05) is 98.8 Å². The molecule has 1 fully saturated rings. The van der Waals surface area contributed by atoms with Gasteiger partial charge in [-0.1, -0.05) is 50.2 Å². The van der Waals surface area contributed by atoms with E-state index in [4.69, 9.17) is 58.1 Å². The molecule has 0 radical (unpaired) electrons. The minimum absolute atomic E-state index is 0. The van der Waals surface area contributed by atoms with Crippen LogP contribution < -0.4 is 9.80 Å². The molecule has 0 aromatic heterocycles. The zero-order valence-corrected chi connectivity index (χ0v) is 47.2. The molecule has 0 amide bonds. The van der Waals surface area contributed by atoms with Crippen molar-refractivity contribution in [3.8, 4) is 0 Å². The van der Waals surface area contributed by atoms with E-state index in [9.17, 15) is 0 Å². The molecule has 2 nitrogen and oxygen atoms in total. The van der Waals surface area contributed by atoms with Gasteiger partial charge in [0.25, 0.3) is 0 Å². The Balaban J connectivity index is -0.000000244. The quantitative estimate of drug-likeness (QED) is 0.123. The van der Waals surface area contributed by atoms with E-state index in [1.165, 1.54) is 55.9 Å². The summed E-state index contributed by atoms with van der Waals surface area (Å²) in [4.78, 5) is 4.81. The molecule has 1 heterocycles. The summed E-state index contributed by atoms with van der Waals surface area (Å²) in [5, 5.41) is 0. The van der Waals surface area contributed by atoms with Gasteiger partial charge in [-0.3, -0.25) is 0 Å². The molecule has 0 saturated carbocycles. The van der Waals surface area contributed by atoms with Crippen LogP contribution in [0.25, 0.3) is 5.57 Å². The van der Waals surface area contributed by atoms with Crippen molar-refractivity contribution in [3.63, 3.8) is 0 Å². The molecule has 362 valence electrons. The summed E-state index contributed by atoms with van der Waals surface area (Å²) < 4.78 is 5.75. The molecule has 1 aliphatic rings. The number of anilines is 2. The normalized spacial score (nSPS) is 11.4. The van der Waals surface area contributed by atoms with E-state index in [1.54, 1.807) is 0 Å². The Morgan fingerprint density at radius 2 is 0.794 bits per heavy atom. The number of halogens is 6. The van der Waals surface area contributed by atoms with Crippen molar-refractivity contribution in [2.75, 3.05) is 22.9 Å². The maximum absolute atomic E-state index is 5.72. The average molecular weight is 1240 g/mol. The second-order valence-electron chi connectivity index (χ2n) is 13.0. The Labute approximate surface area is 426 Å². The molecule has 6 rings (SSSR count). The average Bonchev–Trinajstić information content (AvgIpc) is 3.60. The number of nitrogens with zero attached hydrogens (tertiary/aromatic N) is 2. The van der Waals surface area contributed by atoms with E-state index >= 15 is 0 Å². The molecule has 0 atom stereocenters. The summed E-state index contributed by atoms with van der Waals surface area (Å²) in [7, 11) is 34.1. The van der Waals surface area contributed by atoms with Gasteiger partial charge in [0.05, 0.1) is 0 Å². The first-order chi connectivity index (χ1) is 26.6. The van der Waals surface area contributed by atoms with Gasteiger partial charge in [-0.05, 0) is 63.8 Å². The molecular formula is C52H72Cl6N2Ru3-6. The van der Waals surface area contributed by atoms with Gasteiger partial charge < -0.3 is 46.9 Å². The Hall–Kier alpha value is -1.34. The number of rotatable bonds is 6. The third-order valence-corrected chi connectivity index (χ3v) is 13.8. The summed E-state index contributed by atoms with van der Waals surface area (Å²) in [6.07, 6.45) is 1.99. The van der Waals surface area contributed by atoms with Crippen molar-refractivity contribution in [1.29, 1.82) is 0 Å². The first-order valence-electron chi connectivity index (χ1n) is 17.5. The molecule has 0 aliphatic carbocycles. The Bertz CT molecular complexity index is 1950. The summed E-state index contributed by atoms with van der Waals surface area (Å²) in [6, 6.07) is 39.1. The SMILES string of the molecule is C.C.C/C(=C\[CH]=[Ru]([Cl])[Cl])c1ccccc1.Cc1cc(C)c(N2[CH-]N(c3c(C)cc(C)cc3C)CC2)c(C)c1.[CH3-].[CH3-].[CH3-].[CH3-].[CH3-].[Cl][Ru]([Cl])=[CH]c1ccccc1.[Cl][Ru]([Cl])=[CH]c1ccccc1. The van der Waals surface area contributed by atoms with Gasteiger partial charge in [0.1, 0.15) is 0 Å². The van der Waals surface area contributed by atoms with Crippen LogP contribution in [0.4, 0.5) is 11.4 Å². The topological polar surface area (TPSA) is 6.48 Å². The molecule has 5 aromatic carbocycles.